The van der Waals surface area contributed by atoms with Gasteiger partial charge in [-0.3, -0.25) is 5.73 Å². The van der Waals surface area contributed by atoms with Crippen molar-refractivity contribution in [1.29, 1.82) is 0 Å². The van der Waals surface area contributed by atoms with Gasteiger partial charge in [0.25, 0.3) is 0 Å². The van der Waals surface area contributed by atoms with E-state index in [1.807, 2.05) is 13.8 Å². The molecule has 5 N–H and O–H groups in total. The molecule has 0 spiro atoms. The summed E-state index contributed by atoms with van der Waals surface area (Å²) in [7, 11) is 0. The maximum absolute atomic E-state index is 9.73. The van der Waals surface area contributed by atoms with Crippen molar-refractivity contribution in [3.05, 3.63) is 24.3 Å². The number of hydrogen-bond donors (Lipinski definition) is 3. The lowest BCUT2D eigenvalue weighted by atomic mass is 10.1. The molecule has 0 aliphatic carbocycles. The van der Waals surface area contributed by atoms with Crippen LogP contribution in [0.2, 0.25) is 0 Å². The molecule has 2 atom stereocenters. The van der Waals surface area contributed by atoms with Crippen molar-refractivity contribution in [3.63, 3.8) is 0 Å². The summed E-state index contributed by atoms with van der Waals surface area (Å²) in [5.74, 6) is 1.00. The van der Waals surface area contributed by atoms with Crippen molar-refractivity contribution >= 4 is 5.69 Å². The number of hydrogen-bond acceptors (Lipinski definition) is 4. The second-order valence-corrected chi connectivity index (χ2v) is 4.35. The maximum Gasteiger partial charge on any atom is 0.173 e. The van der Waals surface area contributed by atoms with E-state index in [0.717, 1.165) is 0 Å². The Hall–Kier alpha value is -1.26. The van der Waals surface area contributed by atoms with Crippen LogP contribution in [-0.2, 0) is 0 Å². The van der Waals surface area contributed by atoms with Crippen LogP contribution in [0.5, 0.6) is 5.75 Å². The lowest BCUT2D eigenvalue weighted by molar-refractivity contribution is 0.0268. The molecule has 0 fully saturated rings. The van der Waals surface area contributed by atoms with Crippen LogP contribution in [-0.4, -0.2) is 17.4 Å². The normalized spacial score (nSPS) is 14.8. The van der Waals surface area contributed by atoms with E-state index in [2.05, 4.69) is 0 Å². The van der Waals surface area contributed by atoms with Gasteiger partial charge >= 0.3 is 0 Å². The smallest absolute Gasteiger partial charge is 0.173 e. The minimum Gasteiger partial charge on any atom is -0.473 e. The van der Waals surface area contributed by atoms with Gasteiger partial charge in [0.15, 0.2) is 6.23 Å². The highest BCUT2D eigenvalue weighted by Gasteiger charge is 2.17. The molecule has 0 radical (unpaired) electrons. The fourth-order valence-electron chi connectivity index (χ4n) is 1.40. The van der Waals surface area contributed by atoms with E-state index in [1.54, 1.807) is 24.3 Å². The summed E-state index contributed by atoms with van der Waals surface area (Å²) in [5, 5.41) is 9.73. The van der Waals surface area contributed by atoms with Gasteiger partial charge in [-0.05, 0) is 36.6 Å². The Labute approximate surface area is 96.2 Å². The minimum atomic E-state index is -0.703. The Morgan fingerprint density at radius 3 is 2.31 bits per heavy atom. The van der Waals surface area contributed by atoms with Crippen molar-refractivity contribution in [2.45, 2.75) is 32.6 Å². The second kappa shape index (κ2) is 5.72. The minimum absolute atomic E-state index is 0.385. The van der Waals surface area contributed by atoms with Crippen LogP contribution in [0.3, 0.4) is 0 Å². The summed E-state index contributed by atoms with van der Waals surface area (Å²) in [6, 6.07) is 6.93. The van der Waals surface area contributed by atoms with Crippen LogP contribution in [0, 0.1) is 5.92 Å². The average molecular weight is 224 g/mol. The Morgan fingerprint density at radius 2 is 1.81 bits per heavy atom. The highest BCUT2D eigenvalue weighted by molar-refractivity contribution is 5.41. The molecule has 4 nitrogen and oxygen atoms in total. The molecule has 0 saturated carbocycles. The quantitative estimate of drug-likeness (QED) is 0.520. The standard InChI is InChI=1S/C12H20N2O2/c1-8(2)7-11(15)12(14)16-10-5-3-9(13)4-6-10/h3-6,8,11-12,15H,7,13-14H2,1-2H3. The van der Waals surface area contributed by atoms with Crippen LogP contribution in [0.4, 0.5) is 5.69 Å². The molecule has 90 valence electrons. The van der Waals surface area contributed by atoms with Crippen LogP contribution in [0.25, 0.3) is 0 Å². The summed E-state index contributed by atoms with van der Waals surface area (Å²) in [4.78, 5) is 0. The summed E-state index contributed by atoms with van der Waals surface area (Å²) >= 11 is 0. The van der Waals surface area contributed by atoms with Gasteiger partial charge in [-0.1, -0.05) is 13.8 Å². The topological polar surface area (TPSA) is 81.5 Å². The number of aliphatic hydroxyl groups is 1. The number of ether oxygens (including phenoxy) is 1. The first-order valence-corrected chi connectivity index (χ1v) is 5.45. The Bertz CT molecular complexity index is 311. The highest BCUT2D eigenvalue weighted by atomic mass is 16.5. The summed E-state index contributed by atoms with van der Waals surface area (Å²) in [5.41, 5.74) is 11.9. The van der Waals surface area contributed by atoms with Gasteiger partial charge in [-0.25, -0.2) is 0 Å². The predicted molar refractivity (Wildman–Crippen MR) is 64.9 cm³/mol. The molecule has 16 heavy (non-hydrogen) atoms. The third kappa shape index (κ3) is 4.08. The van der Waals surface area contributed by atoms with Gasteiger partial charge in [0.05, 0.1) is 0 Å². The van der Waals surface area contributed by atoms with E-state index < -0.39 is 12.3 Å². The van der Waals surface area contributed by atoms with Crippen molar-refractivity contribution in [3.8, 4) is 5.75 Å². The molecule has 0 aliphatic heterocycles. The van der Waals surface area contributed by atoms with Crippen molar-refractivity contribution < 1.29 is 9.84 Å². The lowest BCUT2D eigenvalue weighted by Crippen LogP contribution is -2.40. The number of rotatable bonds is 5. The summed E-state index contributed by atoms with van der Waals surface area (Å²) in [6.45, 7) is 4.05. The molecular weight excluding hydrogens is 204 g/mol. The number of nitrogens with two attached hydrogens (primary N) is 2. The molecule has 1 aromatic carbocycles. The number of anilines is 1. The van der Waals surface area contributed by atoms with Crippen molar-refractivity contribution in [1.82, 2.24) is 0 Å². The largest absolute Gasteiger partial charge is 0.473 e. The van der Waals surface area contributed by atoms with Gasteiger partial charge in [0, 0.05) is 5.69 Å². The molecule has 0 aliphatic rings. The van der Waals surface area contributed by atoms with E-state index in [1.165, 1.54) is 0 Å². The van der Waals surface area contributed by atoms with E-state index in [4.69, 9.17) is 16.2 Å². The molecule has 0 aromatic heterocycles. The zero-order chi connectivity index (χ0) is 12.1. The first-order chi connectivity index (χ1) is 7.49. The molecule has 0 bridgehead atoms. The van der Waals surface area contributed by atoms with Crippen LogP contribution < -0.4 is 16.2 Å². The molecule has 0 heterocycles. The molecule has 1 aromatic rings. The first kappa shape index (κ1) is 12.8. The highest BCUT2D eigenvalue weighted by Crippen LogP contribution is 2.16. The molecule has 0 amide bonds. The predicted octanol–water partition coefficient (Wildman–Crippen LogP) is 1.34. The van der Waals surface area contributed by atoms with Crippen LogP contribution >= 0.6 is 0 Å². The fourth-order valence-corrected chi connectivity index (χ4v) is 1.40. The van der Waals surface area contributed by atoms with Gasteiger partial charge in [-0.2, -0.15) is 0 Å². The SMILES string of the molecule is CC(C)CC(O)C(N)Oc1ccc(N)cc1. The zero-order valence-corrected chi connectivity index (χ0v) is 9.76. The Morgan fingerprint density at radius 1 is 1.25 bits per heavy atom. The molecule has 4 heteroatoms. The zero-order valence-electron chi connectivity index (χ0n) is 9.76. The monoisotopic (exact) mass is 224 g/mol. The van der Waals surface area contributed by atoms with Crippen LogP contribution in [0.15, 0.2) is 24.3 Å². The first-order valence-electron chi connectivity index (χ1n) is 5.45. The number of nitrogen functional groups attached to an aromatic ring is 1. The maximum atomic E-state index is 9.73. The Balaban J connectivity index is 2.50. The lowest BCUT2D eigenvalue weighted by Gasteiger charge is -2.21. The molecule has 0 saturated heterocycles. The second-order valence-electron chi connectivity index (χ2n) is 4.35. The molecule has 1 rings (SSSR count). The number of aliphatic hydroxyl groups excluding tert-OH is 1. The van der Waals surface area contributed by atoms with Crippen molar-refractivity contribution in [2.24, 2.45) is 11.7 Å². The van der Waals surface area contributed by atoms with Gasteiger partial charge in [0.2, 0.25) is 0 Å². The van der Waals surface area contributed by atoms with Crippen molar-refractivity contribution in [2.75, 3.05) is 5.73 Å². The van der Waals surface area contributed by atoms with E-state index >= 15 is 0 Å². The Kier molecular flexibility index (Phi) is 4.58. The molecule has 2 unspecified atom stereocenters. The van der Waals surface area contributed by atoms with Gasteiger partial charge < -0.3 is 15.6 Å². The van der Waals surface area contributed by atoms with E-state index in [0.29, 0.717) is 23.8 Å². The van der Waals surface area contributed by atoms with Crippen LogP contribution in [0.1, 0.15) is 20.3 Å². The fraction of sp³-hybridized carbons (Fsp3) is 0.500. The van der Waals surface area contributed by atoms with E-state index in [9.17, 15) is 5.11 Å². The number of benzene rings is 1. The third-order valence-corrected chi connectivity index (χ3v) is 2.24. The summed E-state index contributed by atoms with van der Waals surface area (Å²) < 4.78 is 5.40. The van der Waals surface area contributed by atoms with Gasteiger partial charge in [0.1, 0.15) is 11.9 Å². The third-order valence-electron chi connectivity index (χ3n) is 2.24. The average Bonchev–Trinajstić information content (AvgIpc) is 2.20. The molecular formula is C12H20N2O2. The summed E-state index contributed by atoms with van der Waals surface area (Å²) in [6.07, 6.45) is -0.737. The van der Waals surface area contributed by atoms with E-state index in [-0.39, 0.29) is 0 Å². The van der Waals surface area contributed by atoms with Gasteiger partial charge in [-0.15, -0.1) is 0 Å².